The van der Waals surface area contributed by atoms with Gasteiger partial charge in [0.1, 0.15) is 12.6 Å². The van der Waals surface area contributed by atoms with E-state index in [2.05, 4.69) is 21.2 Å². The zero-order chi connectivity index (χ0) is 30.3. The lowest BCUT2D eigenvalue weighted by atomic mass is 10.1. The van der Waals surface area contributed by atoms with E-state index in [0.29, 0.717) is 38.7 Å². The quantitative estimate of drug-likeness (QED) is 0.227. The molecule has 1 atom stereocenters. The number of carbonyl (C=O) groups is 2. The number of nitrogens with one attached hydrogen (secondary N) is 1. The van der Waals surface area contributed by atoms with Crippen molar-refractivity contribution in [2.75, 3.05) is 17.4 Å². The van der Waals surface area contributed by atoms with Crippen LogP contribution < -0.4 is 9.62 Å². The predicted molar refractivity (Wildman–Crippen MR) is 169 cm³/mol. The highest BCUT2D eigenvalue weighted by Gasteiger charge is 2.34. The number of amides is 2. The molecular formula is C30H34BrCl2N3O4S. The summed E-state index contributed by atoms with van der Waals surface area (Å²) in [6.07, 6.45) is 0.308. The van der Waals surface area contributed by atoms with Crippen molar-refractivity contribution in [3.05, 3.63) is 92.4 Å². The lowest BCUT2D eigenvalue weighted by molar-refractivity contribution is -0.140. The van der Waals surface area contributed by atoms with E-state index < -0.39 is 28.5 Å². The van der Waals surface area contributed by atoms with E-state index in [4.69, 9.17) is 23.2 Å². The van der Waals surface area contributed by atoms with Gasteiger partial charge in [0.05, 0.1) is 10.6 Å². The second-order valence-corrected chi connectivity index (χ2v) is 13.7. The predicted octanol–water partition coefficient (Wildman–Crippen LogP) is 6.84. The van der Waals surface area contributed by atoms with Crippen LogP contribution in [-0.4, -0.2) is 44.3 Å². The van der Waals surface area contributed by atoms with Crippen molar-refractivity contribution in [1.82, 2.24) is 10.2 Å². The Morgan fingerprint density at radius 2 is 1.68 bits per heavy atom. The highest BCUT2D eigenvalue weighted by molar-refractivity contribution is 9.10. The molecule has 11 heteroatoms. The third-order valence-corrected chi connectivity index (χ3v) is 9.28. The first kappa shape index (κ1) is 32.9. The molecule has 0 saturated carbocycles. The standard InChI is InChI=1S/C30H34BrCl2N3O4S/c1-5-28(30(38)34-17-20(2)3)35(18-22-11-12-24(32)16-27(22)33)29(37)19-36(25-8-6-7-23(31)15-25)41(39,40)26-13-9-21(4)10-14-26/h6-16,20,28H,5,17-19H2,1-4H3,(H,34,38)/t28-/m0/s1. The molecule has 0 aliphatic heterocycles. The van der Waals surface area contributed by atoms with Gasteiger partial charge in [-0.3, -0.25) is 13.9 Å². The molecular weight excluding hydrogens is 649 g/mol. The van der Waals surface area contributed by atoms with Gasteiger partial charge < -0.3 is 10.2 Å². The van der Waals surface area contributed by atoms with Crippen LogP contribution in [0.25, 0.3) is 0 Å². The first-order chi connectivity index (χ1) is 19.3. The molecule has 41 heavy (non-hydrogen) atoms. The fraction of sp³-hybridized carbons (Fsp3) is 0.333. The van der Waals surface area contributed by atoms with Crippen molar-refractivity contribution in [2.24, 2.45) is 5.92 Å². The SMILES string of the molecule is CC[C@@H](C(=O)NCC(C)C)N(Cc1ccc(Cl)cc1Cl)C(=O)CN(c1cccc(Br)c1)S(=O)(=O)c1ccc(C)cc1. The van der Waals surface area contributed by atoms with Crippen LogP contribution in [0.1, 0.15) is 38.3 Å². The van der Waals surface area contributed by atoms with E-state index in [1.165, 1.54) is 17.0 Å². The third-order valence-electron chi connectivity index (χ3n) is 6.41. The first-order valence-electron chi connectivity index (χ1n) is 13.2. The number of aryl methyl sites for hydroxylation is 1. The molecule has 3 rings (SSSR count). The number of hydrogen-bond donors (Lipinski definition) is 1. The molecule has 0 aliphatic carbocycles. The molecule has 7 nitrogen and oxygen atoms in total. The Bertz CT molecular complexity index is 1480. The van der Waals surface area contributed by atoms with Crippen molar-refractivity contribution in [3.63, 3.8) is 0 Å². The summed E-state index contributed by atoms with van der Waals surface area (Å²) < 4.78 is 29.6. The van der Waals surface area contributed by atoms with Gasteiger partial charge in [-0.2, -0.15) is 0 Å². The lowest BCUT2D eigenvalue weighted by Gasteiger charge is -2.33. The van der Waals surface area contributed by atoms with Crippen LogP contribution in [0, 0.1) is 12.8 Å². The average molecular weight is 683 g/mol. The van der Waals surface area contributed by atoms with Gasteiger partial charge in [-0.25, -0.2) is 8.42 Å². The maximum absolute atomic E-state index is 14.1. The molecule has 2 amide bonds. The van der Waals surface area contributed by atoms with Crippen molar-refractivity contribution >= 4 is 66.7 Å². The van der Waals surface area contributed by atoms with Gasteiger partial charge >= 0.3 is 0 Å². The molecule has 0 aromatic heterocycles. The van der Waals surface area contributed by atoms with E-state index in [1.807, 2.05) is 20.8 Å². The van der Waals surface area contributed by atoms with E-state index in [9.17, 15) is 18.0 Å². The summed E-state index contributed by atoms with van der Waals surface area (Å²) in [6, 6.07) is 17.2. The number of benzene rings is 3. The van der Waals surface area contributed by atoms with Crippen LogP contribution in [0.3, 0.4) is 0 Å². The highest BCUT2D eigenvalue weighted by atomic mass is 79.9. The van der Waals surface area contributed by atoms with Crippen molar-refractivity contribution < 1.29 is 18.0 Å². The Hall–Kier alpha value is -2.59. The first-order valence-corrected chi connectivity index (χ1v) is 16.2. The minimum Gasteiger partial charge on any atom is -0.354 e. The van der Waals surface area contributed by atoms with Crippen LogP contribution in [0.4, 0.5) is 5.69 Å². The maximum atomic E-state index is 14.1. The molecule has 0 radical (unpaired) electrons. The van der Waals surface area contributed by atoms with Crippen LogP contribution in [-0.2, 0) is 26.2 Å². The third kappa shape index (κ3) is 8.70. The molecule has 0 bridgehead atoms. The van der Waals surface area contributed by atoms with Gasteiger partial charge in [0.15, 0.2) is 0 Å². The second kappa shape index (κ2) is 14.5. The Balaban J connectivity index is 2.07. The van der Waals surface area contributed by atoms with E-state index in [1.54, 1.807) is 61.5 Å². The fourth-order valence-corrected chi connectivity index (χ4v) is 6.43. The van der Waals surface area contributed by atoms with E-state index in [-0.39, 0.29) is 23.3 Å². The monoisotopic (exact) mass is 681 g/mol. The minimum atomic E-state index is -4.16. The molecule has 220 valence electrons. The van der Waals surface area contributed by atoms with Crippen molar-refractivity contribution in [1.29, 1.82) is 0 Å². The summed E-state index contributed by atoms with van der Waals surface area (Å²) in [6.45, 7) is 7.50. The number of anilines is 1. The molecule has 1 N–H and O–H groups in total. The van der Waals surface area contributed by atoms with E-state index >= 15 is 0 Å². The summed E-state index contributed by atoms with van der Waals surface area (Å²) in [5.74, 6) is -0.675. The zero-order valence-corrected chi connectivity index (χ0v) is 27.3. The van der Waals surface area contributed by atoms with Gasteiger partial charge in [0.2, 0.25) is 11.8 Å². The minimum absolute atomic E-state index is 0.0145. The number of nitrogens with zero attached hydrogens (tertiary/aromatic N) is 2. The summed E-state index contributed by atoms with van der Waals surface area (Å²) in [7, 11) is -4.16. The molecule has 3 aromatic rings. The smallest absolute Gasteiger partial charge is 0.264 e. The Morgan fingerprint density at radius 1 is 1.00 bits per heavy atom. The van der Waals surface area contributed by atoms with Crippen LogP contribution in [0.15, 0.2) is 76.1 Å². The van der Waals surface area contributed by atoms with Crippen molar-refractivity contribution in [2.45, 2.75) is 51.6 Å². The molecule has 0 spiro atoms. The largest absolute Gasteiger partial charge is 0.354 e. The average Bonchev–Trinajstić information content (AvgIpc) is 2.91. The van der Waals surface area contributed by atoms with Gasteiger partial charge in [0.25, 0.3) is 10.0 Å². The van der Waals surface area contributed by atoms with Crippen LogP contribution >= 0.6 is 39.1 Å². The summed E-state index contributed by atoms with van der Waals surface area (Å²) in [4.78, 5) is 28.9. The van der Waals surface area contributed by atoms with E-state index in [0.717, 1.165) is 9.87 Å². The zero-order valence-electron chi connectivity index (χ0n) is 23.4. The molecule has 0 aliphatic rings. The summed E-state index contributed by atoms with van der Waals surface area (Å²) >= 11 is 16.0. The summed E-state index contributed by atoms with van der Waals surface area (Å²) in [5.41, 5.74) is 1.78. The van der Waals surface area contributed by atoms with Gasteiger partial charge in [-0.05, 0) is 67.3 Å². The Morgan fingerprint density at radius 3 is 2.27 bits per heavy atom. The Labute approximate surface area is 261 Å². The molecule has 0 saturated heterocycles. The maximum Gasteiger partial charge on any atom is 0.264 e. The second-order valence-electron chi connectivity index (χ2n) is 10.1. The van der Waals surface area contributed by atoms with Gasteiger partial charge in [-0.15, -0.1) is 0 Å². The van der Waals surface area contributed by atoms with Gasteiger partial charge in [-0.1, -0.05) is 89.7 Å². The summed E-state index contributed by atoms with van der Waals surface area (Å²) in [5, 5.41) is 3.68. The van der Waals surface area contributed by atoms with Crippen LogP contribution in [0.5, 0.6) is 0 Å². The van der Waals surface area contributed by atoms with Gasteiger partial charge in [0, 0.05) is 27.6 Å². The molecule has 3 aromatic carbocycles. The topological polar surface area (TPSA) is 86.8 Å². The highest BCUT2D eigenvalue weighted by Crippen LogP contribution is 2.28. The lowest BCUT2D eigenvalue weighted by Crippen LogP contribution is -2.52. The number of rotatable bonds is 12. The normalized spacial score (nSPS) is 12.2. The molecule has 0 fully saturated rings. The van der Waals surface area contributed by atoms with Crippen LogP contribution in [0.2, 0.25) is 10.0 Å². The number of hydrogen-bond acceptors (Lipinski definition) is 4. The number of carbonyl (C=O) groups excluding carboxylic acids is 2. The van der Waals surface area contributed by atoms with Crippen molar-refractivity contribution in [3.8, 4) is 0 Å². The molecule has 0 unspecified atom stereocenters. The number of sulfonamides is 1. The fourth-order valence-electron chi connectivity index (χ4n) is 4.17. The molecule has 0 heterocycles. The Kier molecular flexibility index (Phi) is 11.7. The number of halogens is 3.